The molecule has 6 atom stereocenters. The van der Waals surface area contributed by atoms with Crippen LogP contribution in [-0.4, -0.2) is 35.0 Å². The van der Waals surface area contributed by atoms with Crippen LogP contribution in [0.3, 0.4) is 0 Å². The average molecular weight is 594 g/mol. The van der Waals surface area contributed by atoms with Crippen molar-refractivity contribution in [3.05, 3.63) is 107 Å². The molecule has 1 heterocycles. The van der Waals surface area contributed by atoms with Crippen molar-refractivity contribution in [3.8, 4) is 0 Å². The van der Waals surface area contributed by atoms with Gasteiger partial charge in [-0.2, -0.15) is 0 Å². The van der Waals surface area contributed by atoms with Gasteiger partial charge in [-0.15, -0.1) is 23.2 Å². The van der Waals surface area contributed by atoms with Crippen molar-refractivity contribution >= 4 is 35.3 Å². The summed E-state index contributed by atoms with van der Waals surface area (Å²) in [6.07, 6.45) is 16.6. The second-order valence-corrected chi connectivity index (χ2v) is 12.3. The first kappa shape index (κ1) is 29.4. The first-order valence-corrected chi connectivity index (χ1v) is 15.2. The summed E-state index contributed by atoms with van der Waals surface area (Å²) in [5.41, 5.74) is 10.1. The lowest BCUT2D eigenvalue weighted by Gasteiger charge is -2.54. The van der Waals surface area contributed by atoms with Crippen LogP contribution < -0.4 is 16.4 Å². The van der Waals surface area contributed by atoms with E-state index in [9.17, 15) is 4.79 Å². The van der Waals surface area contributed by atoms with E-state index in [2.05, 4.69) is 42.4 Å². The van der Waals surface area contributed by atoms with Gasteiger partial charge in [0.05, 0.1) is 39.6 Å². The van der Waals surface area contributed by atoms with Crippen LogP contribution in [0.4, 0.5) is 0 Å². The molecule has 1 aromatic carbocycles. The van der Waals surface area contributed by atoms with Crippen LogP contribution >= 0.6 is 23.2 Å². The number of nitrogens with one attached hydrogen (secondary N) is 2. The molecular formula is C33H38Cl2N4O2. The summed E-state index contributed by atoms with van der Waals surface area (Å²) in [5.74, 6) is 0.584. The number of ether oxygens (including phenoxy) is 1. The number of carbonyl (C=O) groups excluding carboxylic acids is 1. The van der Waals surface area contributed by atoms with Gasteiger partial charge >= 0.3 is 0 Å². The summed E-state index contributed by atoms with van der Waals surface area (Å²) in [7, 11) is 0. The minimum absolute atomic E-state index is 0.000743. The highest BCUT2D eigenvalue weighted by Crippen LogP contribution is 2.56. The molecule has 41 heavy (non-hydrogen) atoms. The molecule has 1 aromatic rings. The monoisotopic (exact) mass is 592 g/mol. The lowest BCUT2D eigenvalue weighted by atomic mass is 9.59. The summed E-state index contributed by atoms with van der Waals surface area (Å²) in [5, 5.41) is 6.53. The molecule has 0 aromatic heterocycles. The van der Waals surface area contributed by atoms with Crippen molar-refractivity contribution < 1.29 is 9.53 Å². The number of hydrogen-bond acceptors (Lipinski definition) is 5. The van der Waals surface area contributed by atoms with Crippen LogP contribution in [0.2, 0.25) is 0 Å². The number of nitrogens with zero attached hydrogens (tertiary/aromatic N) is 1. The van der Waals surface area contributed by atoms with E-state index < -0.39 is 4.87 Å². The number of fused-ring (bicyclic) bond motifs is 1. The number of allylic oxidation sites excluding steroid dienone is 6. The van der Waals surface area contributed by atoms with Gasteiger partial charge in [-0.1, -0.05) is 62.1 Å². The number of halogens is 2. The molecule has 5 unspecified atom stereocenters. The summed E-state index contributed by atoms with van der Waals surface area (Å²) in [4.78, 5) is 17.8. The first-order chi connectivity index (χ1) is 19.8. The Morgan fingerprint density at radius 3 is 2.83 bits per heavy atom. The van der Waals surface area contributed by atoms with E-state index in [0.717, 1.165) is 41.1 Å². The van der Waals surface area contributed by atoms with Crippen LogP contribution in [0.25, 0.3) is 0 Å². The Hall–Kier alpha value is -3.06. The highest BCUT2D eigenvalue weighted by atomic mass is 35.5. The van der Waals surface area contributed by atoms with Gasteiger partial charge in [-0.3, -0.25) is 9.79 Å². The average Bonchev–Trinajstić information content (AvgIpc) is 3.13. The third kappa shape index (κ3) is 6.56. The molecule has 4 aliphatic carbocycles. The Balaban J connectivity index is 1.25. The first-order valence-electron chi connectivity index (χ1n) is 14.3. The molecular weight excluding hydrogens is 555 g/mol. The molecule has 0 radical (unpaired) electrons. The Morgan fingerprint density at radius 2 is 2.12 bits per heavy atom. The van der Waals surface area contributed by atoms with Crippen LogP contribution in [0.5, 0.6) is 0 Å². The standard InChI is InChI=1S/C33H38Cl2N4O2/c1-3-29-30(38-23-10-7-11-25(17-23)41-20-22-8-5-4-6-9-22)21(2)16-24(19-37-29)39-32(40)27(13-15-36)26-12-14-33(35)18-28(26)31(33)34/h4-9,11-12,14,16-17,19,23,26-28,31,38H,2-3,10,13,15,18,20,36H2,1H3,(H,39,40)/t23?,26?,27?,28?,31-,33?/m0/s1. The lowest BCUT2D eigenvalue weighted by molar-refractivity contribution is -0.126. The number of hydrogen-bond donors (Lipinski definition) is 3. The Labute approximate surface area is 252 Å². The zero-order chi connectivity index (χ0) is 29.0. The molecule has 0 saturated heterocycles. The Morgan fingerprint density at radius 1 is 1.32 bits per heavy atom. The van der Waals surface area contributed by atoms with Gasteiger partial charge in [0.2, 0.25) is 5.91 Å². The summed E-state index contributed by atoms with van der Waals surface area (Å²) >= 11 is 13.2. The van der Waals surface area contributed by atoms with Crippen molar-refractivity contribution in [3.63, 3.8) is 0 Å². The normalized spacial score (nSPS) is 29.2. The predicted octanol–water partition coefficient (Wildman–Crippen LogP) is 6.02. The third-order valence-electron chi connectivity index (χ3n) is 8.27. The van der Waals surface area contributed by atoms with Crippen LogP contribution in [0.15, 0.2) is 107 Å². The second kappa shape index (κ2) is 12.8. The van der Waals surface area contributed by atoms with E-state index in [0.29, 0.717) is 31.7 Å². The van der Waals surface area contributed by atoms with Gasteiger partial charge in [0.15, 0.2) is 0 Å². The third-order valence-corrected chi connectivity index (χ3v) is 9.61. The summed E-state index contributed by atoms with van der Waals surface area (Å²) in [6, 6.07) is 10.1. The maximum Gasteiger partial charge on any atom is 0.228 e. The topological polar surface area (TPSA) is 88.7 Å². The molecule has 1 saturated carbocycles. The highest BCUT2D eigenvalue weighted by Gasteiger charge is 2.57. The number of benzene rings is 1. The van der Waals surface area contributed by atoms with Crippen LogP contribution in [0, 0.1) is 17.8 Å². The molecule has 5 aliphatic rings. The quantitative estimate of drug-likeness (QED) is 0.216. The fourth-order valence-corrected chi connectivity index (χ4v) is 6.84. The van der Waals surface area contributed by atoms with E-state index in [-0.39, 0.29) is 35.1 Å². The van der Waals surface area contributed by atoms with Crippen molar-refractivity contribution in [2.24, 2.45) is 28.5 Å². The second-order valence-electron chi connectivity index (χ2n) is 11.1. The van der Waals surface area contributed by atoms with Gasteiger partial charge in [0.25, 0.3) is 0 Å². The minimum Gasteiger partial charge on any atom is -0.489 e. The van der Waals surface area contributed by atoms with Gasteiger partial charge in [-0.05, 0) is 73.4 Å². The largest absolute Gasteiger partial charge is 0.489 e. The zero-order valence-corrected chi connectivity index (χ0v) is 24.9. The lowest BCUT2D eigenvalue weighted by Crippen LogP contribution is -2.58. The van der Waals surface area contributed by atoms with Gasteiger partial charge < -0.3 is 21.1 Å². The SMILES string of the molecule is C=C1C=C(NC(=O)C(CCN)C2C=CC3(Cl)CC2[C@@H]3Cl)C=NC(CC)=C1NC1C=C(OCc2ccccc2)C=CC1. The number of aliphatic imine (C=N–C) groups is 1. The van der Waals surface area contributed by atoms with Crippen LogP contribution in [0.1, 0.15) is 38.2 Å². The Bertz CT molecular complexity index is 1350. The molecule has 8 heteroatoms. The molecule has 1 amide bonds. The predicted molar refractivity (Wildman–Crippen MR) is 167 cm³/mol. The zero-order valence-electron chi connectivity index (χ0n) is 23.4. The van der Waals surface area contributed by atoms with E-state index in [1.54, 1.807) is 6.21 Å². The molecule has 2 bridgehead atoms. The fraction of sp³-hybridized carbons (Fsp3) is 0.394. The molecule has 216 valence electrons. The van der Waals surface area contributed by atoms with Gasteiger partial charge in [-0.25, -0.2) is 0 Å². The number of amides is 1. The molecule has 0 spiro atoms. The van der Waals surface area contributed by atoms with Crippen molar-refractivity contribution in [2.75, 3.05) is 6.54 Å². The van der Waals surface area contributed by atoms with Gasteiger partial charge in [0, 0.05) is 5.92 Å². The minimum atomic E-state index is -0.482. The maximum atomic E-state index is 13.6. The number of rotatable bonds is 11. The smallest absolute Gasteiger partial charge is 0.228 e. The molecule has 6 nitrogen and oxygen atoms in total. The van der Waals surface area contributed by atoms with Gasteiger partial charge in [0.1, 0.15) is 12.4 Å². The highest BCUT2D eigenvalue weighted by molar-refractivity contribution is 6.35. The number of carbonyl (C=O) groups is 1. The molecule has 1 aliphatic heterocycles. The van der Waals surface area contributed by atoms with E-state index in [4.69, 9.17) is 38.7 Å². The van der Waals surface area contributed by atoms with E-state index in [1.165, 1.54) is 0 Å². The number of nitrogens with two attached hydrogens (primary N) is 1. The molecule has 4 N–H and O–H groups in total. The van der Waals surface area contributed by atoms with Crippen molar-refractivity contribution in [1.82, 2.24) is 10.6 Å². The molecule has 1 fully saturated rings. The van der Waals surface area contributed by atoms with Crippen molar-refractivity contribution in [2.45, 2.75) is 55.5 Å². The van der Waals surface area contributed by atoms with E-state index in [1.807, 2.05) is 48.6 Å². The summed E-state index contributed by atoms with van der Waals surface area (Å²) < 4.78 is 6.05. The maximum absolute atomic E-state index is 13.6. The fourth-order valence-electron chi connectivity index (χ4n) is 6.01. The summed E-state index contributed by atoms with van der Waals surface area (Å²) in [6.45, 7) is 7.29. The van der Waals surface area contributed by atoms with E-state index >= 15 is 0 Å². The Kier molecular flexibility index (Phi) is 9.22. The van der Waals surface area contributed by atoms with Crippen LogP contribution in [-0.2, 0) is 16.1 Å². The number of alkyl halides is 2. The molecule has 6 rings (SSSR count). The van der Waals surface area contributed by atoms with Crippen molar-refractivity contribution in [1.29, 1.82) is 0 Å².